The summed E-state index contributed by atoms with van der Waals surface area (Å²) in [4.78, 5) is 0. The second kappa shape index (κ2) is 7.32. The molecular weight excluding hydrogens is 282 g/mol. The Morgan fingerprint density at radius 1 is 1.26 bits per heavy atom. The van der Waals surface area contributed by atoms with Crippen LogP contribution in [0.5, 0.6) is 5.75 Å². The first-order chi connectivity index (χ1) is 9.33. The Labute approximate surface area is 120 Å². The Bertz CT molecular complexity index is 519. The molecule has 102 valence electrons. The molecule has 0 atom stereocenters. The van der Waals surface area contributed by atoms with Crippen molar-refractivity contribution in [2.45, 2.75) is 4.34 Å². The summed E-state index contributed by atoms with van der Waals surface area (Å²) < 4.78 is 11.2. The highest BCUT2D eigenvalue weighted by Crippen LogP contribution is 2.31. The molecule has 2 aromatic rings. The monoisotopic (exact) mass is 297 g/mol. The lowest BCUT2D eigenvalue weighted by molar-refractivity contribution is 0.218. The van der Waals surface area contributed by atoms with Gasteiger partial charge in [-0.05, 0) is 12.1 Å². The predicted molar refractivity (Wildman–Crippen MR) is 78.8 cm³/mol. The molecule has 5 nitrogen and oxygen atoms in total. The van der Waals surface area contributed by atoms with E-state index in [9.17, 15) is 0 Å². The van der Waals surface area contributed by atoms with E-state index >= 15 is 0 Å². The Kier molecular flexibility index (Phi) is 5.44. The molecule has 0 aliphatic heterocycles. The van der Waals surface area contributed by atoms with E-state index in [0.29, 0.717) is 6.61 Å². The maximum Gasteiger partial charge on any atom is 0.210 e. The molecule has 0 saturated heterocycles. The number of hydrogen-bond donors (Lipinski definition) is 1. The molecule has 2 rings (SSSR count). The quantitative estimate of drug-likeness (QED) is 0.626. The summed E-state index contributed by atoms with van der Waals surface area (Å²) in [7, 11) is 3.34. The van der Waals surface area contributed by atoms with E-state index in [1.165, 1.54) is 11.3 Å². The van der Waals surface area contributed by atoms with Gasteiger partial charge in [0.2, 0.25) is 5.13 Å². The van der Waals surface area contributed by atoms with Crippen molar-refractivity contribution in [1.82, 2.24) is 10.2 Å². The molecule has 1 aromatic heterocycles. The summed E-state index contributed by atoms with van der Waals surface area (Å²) in [6.07, 6.45) is 0. The minimum absolute atomic E-state index is 0.708. The van der Waals surface area contributed by atoms with E-state index in [1.54, 1.807) is 26.0 Å². The van der Waals surface area contributed by atoms with Crippen molar-refractivity contribution in [3.8, 4) is 5.75 Å². The Balaban J connectivity index is 1.99. The molecule has 19 heavy (non-hydrogen) atoms. The van der Waals surface area contributed by atoms with Crippen LogP contribution >= 0.6 is 23.1 Å². The molecule has 0 aliphatic carbocycles. The van der Waals surface area contributed by atoms with Crippen molar-refractivity contribution in [2.75, 3.05) is 31.9 Å². The summed E-state index contributed by atoms with van der Waals surface area (Å²) in [5, 5.41) is 12.2. The molecule has 1 aromatic carbocycles. The number of nitrogens with zero attached hydrogens (tertiary/aromatic N) is 2. The van der Waals surface area contributed by atoms with Crippen LogP contribution in [-0.4, -0.2) is 36.8 Å². The first-order valence-electron chi connectivity index (χ1n) is 5.68. The molecule has 0 fully saturated rings. The van der Waals surface area contributed by atoms with Gasteiger partial charge in [0.1, 0.15) is 5.75 Å². The number of nitrogens with one attached hydrogen (secondary N) is 1. The predicted octanol–water partition coefficient (Wildman–Crippen LogP) is 3.03. The minimum atomic E-state index is 0.708. The normalized spacial score (nSPS) is 10.4. The number of benzene rings is 1. The summed E-state index contributed by atoms with van der Waals surface area (Å²) in [5.74, 6) is 1.66. The third-order valence-corrected chi connectivity index (χ3v) is 4.20. The van der Waals surface area contributed by atoms with Crippen molar-refractivity contribution >= 4 is 33.9 Å². The average molecular weight is 297 g/mol. The minimum Gasteiger partial charge on any atom is -0.495 e. The van der Waals surface area contributed by atoms with E-state index in [2.05, 4.69) is 15.5 Å². The maximum absolute atomic E-state index is 5.28. The van der Waals surface area contributed by atoms with E-state index < -0.39 is 0 Å². The van der Waals surface area contributed by atoms with Gasteiger partial charge in [-0.15, -0.1) is 10.2 Å². The summed E-state index contributed by atoms with van der Waals surface area (Å²) >= 11 is 3.15. The lowest BCUT2D eigenvalue weighted by Crippen LogP contribution is -1.93. The zero-order valence-corrected chi connectivity index (χ0v) is 12.4. The van der Waals surface area contributed by atoms with Crippen molar-refractivity contribution in [3.63, 3.8) is 0 Å². The average Bonchev–Trinajstić information content (AvgIpc) is 2.87. The number of thioether (sulfide) groups is 1. The maximum atomic E-state index is 5.28. The third kappa shape index (κ3) is 4.09. The van der Waals surface area contributed by atoms with Crippen LogP contribution in [0.1, 0.15) is 0 Å². The van der Waals surface area contributed by atoms with Crippen LogP contribution in [0.4, 0.5) is 10.8 Å². The second-order valence-corrected chi connectivity index (χ2v) is 5.86. The van der Waals surface area contributed by atoms with Crippen LogP contribution in [0.15, 0.2) is 28.6 Å². The van der Waals surface area contributed by atoms with Crippen LogP contribution in [0.25, 0.3) is 0 Å². The first-order valence-corrected chi connectivity index (χ1v) is 7.49. The van der Waals surface area contributed by atoms with Crippen molar-refractivity contribution in [3.05, 3.63) is 24.3 Å². The highest BCUT2D eigenvalue weighted by Gasteiger charge is 2.07. The summed E-state index contributed by atoms with van der Waals surface area (Å²) in [5.41, 5.74) is 0.884. The third-order valence-electron chi connectivity index (χ3n) is 2.27. The largest absolute Gasteiger partial charge is 0.495 e. The lowest BCUT2D eigenvalue weighted by atomic mass is 10.3. The van der Waals surface area contributed by atoms with Gasteiger partial charge in [0.15, 0.2) is 4.34 Å². The number of anilines is 2. The van der Waals surface area contributed by atoms with Crippen LogP contribution in [0, 0.1) is 0 Å². The summed E-state index contributed by atoms with van der Waals surface area (Å²) in [6, 6.07) is 7.71. The Hall–Kier alpha value is -1.31. The van der Waals surface area contributed by atoms with Crippen molar-refractivity contribution < 1.29 is 9.47 Å². The molecule has 0 saturated carbocycles. The second-order valence-electron chi connectivity index (χ2n) is 3.54. The number of methoxy groups -OCH3 is 2. The topological polar surface area (TPSA) is 56.3 Å². The molecular formula is C12H15N3O2S2. The van der Waals surface area contributed by atoms with Crippen molar-refractivity contribution in [2.24, 2.45) is 0 Å². The number of rotatable bonds is 7. The van der Waals surface area contributed by atoms with Crippen LogP contribution < -0.4 is 10.1 Å². The van der Waals surface area contributed by atoms with Gasteiger partial charge < -0.3 is 14.8 Å². The molecule has 0 spiro atoms. The van der Waals surface area contributed by atoms with Gasteiger partial charge in [0.25, 0.3) is 0 Å². The fraction of sp³-hybridized carbons (Fsp3) is 0.333. The highest BCUT2D eigenvalue weighted by atomic mass is 32.2. The molecule has 1 heterocycles. The molecule has 0 aliphatic rings. The summed E-state index contributed by atoms with van der Waals surface area (Å²) in [6.45, 7) is 0.708. The smallest absolute Gasteiger partial charge is 0.210 e. The fourth-order valence-corrected chi connectivity index (χ4v) is 3.13. The zero-order valence-electron chi connectivity index (χ0n) is 10.8. The van der Waals surface area contributed by atoms with Gasteiger partial charge in [-0.3, -0.25) is 0 Å². The number of ether oxygens (including phenoxy) is 2. The van der Waals surface area contributed by atoms with Gasteiger partial charge in [0, 0.05) is 12.9 Å². The van der Waals surface area contributed by atoms with E-state index in [-0.39, 0.29) is 0 Å². The lowest BCUT2D eigenvalue weighted by Gasteiger charge is -2.07. The molecule has 0 radical (unpaired) electrons. The standard InChI is InChI=1S/C12H15N3O2S2/c1-16-7-8-18-12-15-14-11(19-12)13-9-5-3-4-6-10(9)17-2/h3-6H,7-8H2,1-2H3,(H,13,14). The van der Waals surface area contributed by atoms with Crippen LogP contribution in [-0.2, 0) is 4.74 Å². The molecule has 7 heteroatoms. The number of para-hydroxylation sites is 2. The van der Waals surface area contributed by atoms with Crippen molar-refractivity contribution in [1.29, 1.82) is 0 Å². The fourth-order valence-electron chi connectivity index (χ4n) is 1.39. The SMILES string of the molecule is COCCSc1nnc(Nc2ccccc2OC)s1. The van der Waals surface area contributed by atoms with E-state index in [0.717, 1.165) is 26.7 Å². The Morgan fingerprint density at radius 3 is 2.89 bits per heavy atom. The molecule has 0 unspecified atom stereocenters. The zero-order chi connectivity index (χ0) is 13.5. The molecule has 0 bridgehead atoms. The van der Waals surface area contributed by atoms with Crippen LogP contribution in [0.3, 0.4) is 0 Å². The van der Waals surface area contributed by atoms with E-state index in [4.69, 9.17) is 9.47 Å². The van der Waals surface area contributed by atoms with Gasteiger partial charge in [-0.1, -0.05) is 35.2 Å². The van der Waals surface area contributed by atoms with Gasteiger partial charge in [-0.2, -0.15) is 0 Å². The number of hydrogen-bond acceptors (Lipinski definition) is 7. The van der Waals surface area contributed by atoms with Gasteiger partial charge >= 0.3 is 0 Å². The molecule has 0 amide bonds. The van der Waals surface area contributed by atoms with Gasteiger partial charge in [0.05, 0.1) is 19.4 Å². The molecule has 1 N–H and O–H groups in total. The van der Waals surface area contributed by atoms with Crippen LogP contribution in [0.2, 0.25) is 0 Å². The first kappa shape index (κ1) is 14.1. The van der Waals surface area contributed by atoms with E-state index in [1.807, 2.05) is 24.3 Å². The number of aromatic nitrogens is 2. The Morgan fingerprint density at radius 2 is 2.11 bits per heavy atom. The highest BCUT2D eigenvalue weighted by molar-refractivity contribution is 8.01. The van der Waals surface area contributed by atoms with Gasteiger partial charge in [-0.25, -0.2) is 0 Å².